The number of nitrogens with zero attached hydrogens (tertiary/aromatic N) is 2. The van der Waals surface area contributed by atoms with Crippen molar-refractivity contribution in [2.24, 2.45) is 0 Å². The van der Waals surface area contributed by atoms with Gasteiger partial charge >= 0.3 is 0 Å². The highest BCUT2D eigenvalue weighted by Gasteiger charge is 2.35. The quantitative estimate of drug-likeness (QED) is 0.178. The van der Waals surface area contributed by atoms with Gasteiger partial charge in [-0.1, -0.05) is 99.8 Å². The maximum absolute atomic E-state index is 14.4. The second-order valence-electron chi connectivity index (χ2n) is 9.67. The number of carbonyl (C=O) groups excluding carboxylic acids is 2. The summed E-state index contributed by atoms with van der Waals surface area (Å²) in [5.74, 6) is -0.944. The zero-order valence-corrected chi connectivity index (χ0v) is 27.2. The summed E-state index contributed by atoms with van der Waals surface area (Å²) in [7, 11) is -4.28. The van der Waals surface area contributed by atoms with Crippen LogP contribution in [0.2, 0.25) is 10.0 Å². The predicted molar refractivity (Wildman–Crippen MR) is 175 cm³/mol. The van der Waals surface area contributed by atoms with Crippen LogP contribution in [0.4, 0.5) is 5.69 Å². The second kappa shape index (κ2) is 14.9. The molecule has 0 fully saturated rings. The summed E-state index contributed by atoms with van der Waals surface area (Å²) in [5.41, 5.74) is 1.66. The van der Waals surface area contributed by atoms with Gasteiger partial charge in [0, 0.05) is 29.0 Å². The molecule has 4 aromatic carbocycles. The Morgan fingerprint density at radius 1 is 0.860 bits per heavy atom. The molecule has 2 amide bonds. The molecule has 0 saturated carbocycles. The summed E-state index contributed by atoms with van der Waals surface area (Å²) >= 11 is 16.2. The molecule has 43 heavy (non-hydrogen) atoms. The number of hydrogen-bond acceptors (Lipinski definition) is 4. The van der Waals surface area contributed by atoms with Crippen molar-refractivity contribution < 1.29 is 18.0 Å². The van der Waals surface area contributed by atoms with Crippen molar-refractivity contribution in [3.8, 4) is 0 Å². The number of amides is 2. The molecule has 0 bridgehead atoms. The molecule has 0 aliphatic heterocycles. The van der Waals surface area contributed by atoms with Crippen LogP contribution in [-0.2, 0) is 32.6 Å². The molecule has 4 rings (SSSR count). The Bertz CT molecular complexity index is 1660. The van der Waals surface area contributed by atoms with E-state index in [9.17, 15) is 18.0 Å². The van der Waals surface area contributed by atoms with E-state index in [1.165, 1.54) is 35.2 Å². The molecule has 0 aromatic heterocycles. The van der Waals surface area contributed by atoms with Crippen LogP contribution in [0.25, 0.3) is 0 Å². The van der Waals surface area contributed by atoms with Crippen molar-refractivity contribution in [3.63, 3.8) is 0 Å². The van der Waals surface area contributed by atoms with Crippen LogP contribution in [-0.4, -0.2) is 44.3 Å². The van der Waals surface area contributed by atoms with E-state index in [-0.39, 0.29) is 39.5 Å². The Hall–Kier alpha value is -3.37. The minimum absolute atomic E-state index is 0.0251. The summed E-state index contributed by atoms with van der Waals surface area (Å²) < 4.78 is 29.8. The first kappa shape index (κ1) is 32.5. The molecule has 0 aliphatic carbocycles. The number of benzene rings is 4. The monoisotopic (exact) mass is 701 g/mol. The average Bonchev–Trinajstić information content (AvgIpc) is 3.01. The van der Waals surface area contributed by atoms with Gasteiger partial charge in [-0.15, -0.1) is 0 Å². The molecule has 7 nitrogen and oxygen atoms in total. The lowest BCUT2D eigenvalue weighted by Crippen LogP contribution is -2.53. The Kier molecular flexibility index (Phi) is 11.3. The molecule has 0 aliphatic rings. The first-order chi connectivity index (χ1) is 20.6. The first-order valence-electron chi connectivity index (χ1n) is 13.5. The van der Waals surface area contributed by atoms with Gasteiger partial charge in [-0.3, -0.25) is 13.9 Å². The Morgan fingerprint density at radius 2 is 1.49 bits per heavy atom. The first-order valence-corrected chi connectivity index (χ1v) is 16.5. The normalized spacial score (nSPS) is 11.9. The van der Waals surface area contributed by atoms with Crippen molar-refractivity contribution >= 4 is 66.7 Å². The zero-order valence-electron chi connectivity index (χ0n) is 23.3. The van der Waals surface area contributed by atoms with Gasteiger partial charge in [0.25, 0.3) is 10.0 Å². The lowest BCUT2D eigenvalue weighted by molar-refractivity contribution is -0.140. The van der Waals surface area contributed by atoms with Crippen molar-refractivity contribution in [3.05, 3.63) is 129 Å². The van der Waals surface area contributed by atoms with Crippen LogP contribution in [0, 0.1) is 0 Å². The molecule has 1 atom stereocenters. The standard InChI is InChI=1S/C32H30BrCl2N3O4S/c1-2-36-32(40)30(19-23-9-5-3-6-10-23)37(21-24-13-15-25(33)16-14-24)31(39)22-38(29-20-26(34)17-18-28(29)35)43(41,42)27-11-7-4-8-12-27/h3-18,20,30H,2,19,21-22H2,1H3,(H,36,40)/t30-/m1/s1. The van der Waals surface area contributed by atoms with Gasteiger partial charge < -0.3 is 10.2 Å². The summed E-state index contributed by atoms with van der Waals surface area (Å²) in [5, 5.41) is 3.19. The molecular weight excluding hydrogens is 673 g/mol. The molecule has 1 N–H and O–H groups in total. The minimum atomic E-state index is -4.28. The van der Waals surface area contributed by atoms with Gasteiger partial charge in [0.05, 0.1) is 15.6 Å². The van der Waals surface area contributed by atoms with Crippen molar-refractivity contribution in [2.75, 3.05) is 17.4 Å². The van der Waals surface area contributed by atoms with E-state index in [4.69, 9.17) is 23.2 Å². The van der Waals surface area contributed by atoms with Crippen LogP contribution in [0.15, 0.2) is 112 Å². The third-order valence-corrected chi connectivity index (χ3v) is 9.53. The molecule has 0 saturated heterocycles. The van der Waals surface area contributed by atoms with E-state index in [0.29, 0.717) is 6.54 Å². The highest BCUT2D eigenvalue weighted by Crippen LogP contribution is 2.33. The Balaban J connectivity index is 1.81. The van der Waals surface area contributed by atoms with E-state index in [1.807, 2.05) is 54.6 Å². The Labute approximate surface area is 270 Å². The molecule has 0 heterocycles. The number of sulfonamides is 1. The molecular formula is C32H30BrCl2N3O4S. The fourth-order valence-corrected chi connectivity index (χ4v) is 6.69. The third-order valence-electron chi connectivity index (χ3n) is 6.68. The van der Waals surface area contributed by atoms with E-state index >= 15 is 0 Å². The third kappa shape index (κ3) is 8.38. The summed E-state index contributed by atoms with van der Waals surface area (Å²) in [6.45, 7) is 1.59. The highest BCUT2D eigenvalue weighted by atomic mass is 79.9. The predicted octanol–water partition coefficient (Wildman–Crippen LogP) is 6.73. The van der Waals surface area contributed by atoms with E-state index in [1.54, 1.807) is 25.1 Å². The number of carbonyl (C=O) groups is 2. The zero-order chi connectivity index (χ0) is 31.0. The smallest absolute Gasteiger partial charge is 0.264 e. The topological polar surface area (TPSA) is 86.8 Å². The molecule has 224 valence electrons. The number of nitrogens with one attached hydrogen (secondary N) is 1. The summed E-state index contributed by atoms with van der Waals surface area (Å²) in [4.78, 5) is 29.3. The van der Waals surface area contributed by atoms with Crippen LogP contribution in [0.1, 0.15) is 18.1 Å². The van der Waals surface area contributed by atoms with Crippen molar-refractivity contribution in [2.45, 2.75) is 30.8 Å². The van der Waals surface area contributed by atoms with Crippen LogP contribution < -0.4 is 9.62 Å². The lowest BCUT2D eigenvalue weighted by atomic mass is 10.0. The molecule has 11 heteroatoms. The fourth-order valence-electron chi connectivity index (χ4n) is 4.54. The minimum Gasteiger partial charge on any atom is -0.355 e. The van der Waals surface area contributed by atoms with Gasteiger partial charge in [0.15, 0.2) is 0 Å². The molecule has 0 radical (unpaired) electrons. The van der Waals surface area contributed by atoms with Gasteiger partial charge in [0.1, 0.15) is 12.6 Å². The largest absolute Gasteiger partial charge is 0.355 e. The lowest BCUT2D eigenvalue weighted by Gasteiger charge is -2.34. The Morgan fingerprint density at radius 3 is 2.12 bits per heavy atom. The van der Waals surface area contributed by atoms with Gasteiger partial charge in [-0.2, -0.15) is 0 Å². The molecule has 4 aromatic rings. The summed E-state index contributed by atoms with van der Waals surface area (Å²) in [6, 6.07) is 28.0. The maximum Gasteiger partial charge on any atom is 0.264 e. The number of likely N-dealkylation sites (N-methyl/N-ethyl adjacent to an activating group) is 1. The molecule has 0 unspecified atom stereocenters. The van der Waals surface area contributed by atoms with Crippen LogP contribution >= 0.6 is 39.1 Å². The van der Waals surface area contributed by atoms with Crippen molar-refractivity contribution in [1.82, 2.24) is 10.2 Å². The second-order valence-corrected chi connectivity index (χ2v) is 13.3. The summed E-state index contributed by atoms with van der Waals surface area (Å²) in [6.07, 6.45) is 0.221. The van der Waals surface area contributed by atoms with Crippen molar-refractivity contribution in [1.29, 1.82) is 0 Å². The maximum atomic E-state index is 14.4. The SMILES string of the molecule is CCNC(=O)[C@@H](Cc1ccccc1)N(Cc1ccc(Br)cc1)C(=O)CN(c1cc(Cl)ccc1Cl)S(=O)(=O)c1ccccc1. The van der Waals surface area contributed by atoms with E-state index in [2.05, 4.69) is 21.2 Å². The number of rotatable bonds is 12. The highest BCUT2D eigenvalue weighted by molar-refractivity contribution is 9.10. The van der Waals surface area contributed by atoms with Crippen LogP contribution in [0.3, 0.4) is 0 Å². The number of hydrogen-bond donors (Lipinski definition) is 1. The molecule has 0 spiro atoms. The number of anilines is 1. The fraction of sp³-hybridized carbons (Fsp3) is 0.188. The number of halogens is 3. The van der Waals surface area contributed by atoms with E-state index in [0.717, 1.165) is 19.9 Å². The average molecular weight is 703 g/mol. The van der Waals surface area contributed by atoms with E-state index < -0.39 is 28.5 Å². The van der Waals surface area contributed by atoms with Gasteiger partial charge in [-0.05, 0) is 60.5 Å². The van der Waals surface area contributed by atoms with Crippen LogP contribution in [0.5, 0.6) is 0 Å². The van der Waals surface area contributed by atoms with Gasteiger partial charge in [-0.25, -0.2) is 8.42 Å². The van der Waals surface area contributed by atoms with Gasteiger partial charge in [0.2, 0.25) is 11.8 Å².